The van der Waals surface area contributed by atoms with Gasteiger partial charge in [-0.15, -0.1) is 0 Å². The number of nitrogens with one attached hydrogen (secondary N) is 1. The minimum Gasteiger partial charge on any atom is -0.373 e. The van der Waals surface area contributed by atoms with Gasteiger partial charge in [0.05, 0.1) is 11.7 Å². The van der Waals surface area contributed by atoms with E-state index < -0.39 is 5.54 Å². The molecule has 2 aliphatic carbocycles. The van der Waals surface area contributed by atoms with Crippen molar-refractivity contribution in [3.05, 3.63) is 0 Å². The van der Waals surface area contributed by atoms with E-state index in [-0.39, 0.29) is 17.6 Å². The molecule has 2 unspecified atom stereocenters. The van der Waals surface area contributed by atoms with Gasteiger partial charge in [0.25, 0.3) is 0 Å². The Kier molecular flexibility index (Phi) is 3.70. The molecule has 0 aromatic rings. The first-order valence-electron chi connectivity index (χ1n) is 7.06. The first-order chi connectivity index (χ1) is 8.31. The molecule has 0 aromatic heterocycles. The van der Waals surface area contributed by atoms with E-state index in [0.717, 1.165) is 25.7 Å². The van der Waals surface area contributed by atoms with Crippen LogP contribution in [0.5, 0.6) is 0 Å². The number of nitrogens with two attached hydrogens (primary N) is 1. The molecule has 0 radical (unpaired) electrons. The van der Waals surface area contributed by atoms with Crippen LogP contribution in [0.25, 0.3) is 0 Å². The molecule has 2 saturated carbocycles. The highest BCUT2D eigenvalue weighted by Crippen LogP contribution is 2.35. The van der Waals surface area contributed by atoms with Crippen LogP contribution >= 0.6 is 0 Å². The summed E-state index contributed by atoms with van der Waals surface area (Å²) in [6.45, 7) is 6.17. The van der Waals surface area contributed by atoms with Gasteiger partial charge < -0.3 is 15.8 Å². The first kappa shape index (κ1) is 13.8. The molecule has 3 N–H and O–H groups in total. The molecule has 2 rings (SSSR count). The summed E-state index contributed by atoms with van der Waals surface area (Å²) in [5.74, 6) is -0.211. The number of amides is 1. The SMILES string of the molecule is CC(C)(C)OC1CCCC(NC2CC2)(C(N)=O)C1. The number of hydrogen-bond donors (Lipinski definition) is 2. The Bertz CT molecular complexity index is 320. The van der Waals surface area contributed by atoms with Gasteiger partial charge in [-0.3, -0.25) is 4.79 Å². The van der Waals surface area contributed by atoms with E-state index in [1.807, 2.05) is 0 Å². The normalized spacial score (nSPS) is 33.4. The lowest BCUT2D eigenvalue weighted by Crippen LogP contribution is -2.60. The van der Waals surface area contributed by atoms with Crippen molar-refractivity contribution >= 4 is 5.91 Å². The molecule has 0 saturated heterocycles. The third-order valence-electron chi connectivity index (χ3n) is 3.76. The molecule has 4 heteroatoms. The second kappa shape index (κ2) is 4.82. The summed E-state index contributed by atoms with van der Waals surface area (Å²) in [6.07, 6.45) is 6.07. The van der Waals surface area contributed by atoms with Gasteiger partial charge in [0.2, 0.25) is 5.91 Å². The van der Waals surface area contributed by atoms with Gasteiger partial charge in [-0.2, -0.15) is 0 Å². The molecule has 4 nitrogen and oxygen atoms in total. The quantitative estimate of drug-likeness (QED) is 0.803. The molecule has 1 amide bonds. The lowest BCUT2D eigenvalue weighted by Gasteiger charge is -2.41. The molecule has 0 aromatic carbocycles. The Morgan fingerprint density at radius 2 is 2.00 bits per heavy atom. The van der Waals surface area contributed by atoms with Crippen LogP contribution in [-0.4, -0.2) is 29.2 Å². The number of hydrogen-bond acceptors (Lipinski definition) is 3. The van der Waals surface area contributed by atoms with Crippen molar-refractivity contribution in [3.63, 3.8) is 0 Å². The van der Waals surface area contributed by atoms with Gasteiger partial charge >= 0.3 is 0 Å². The summed E-state index contributed by atoms with van der Waals surface area (Å²) in [7, 11) is 0. The van der Waals surface area contributed by atoms with Crippen molar-refractivity contribution in [3.8, 4) is 0 Å². The Morgan fingerprint density at radius 1 is 1.33 bits per heavy atom. The fraction of sp³-hybridized carbons (Fsp3) is 0.929. The highest BCUT2D eigenvalue weighted by Gasteiger charge is 2.45. The minimum absolute atomic E-state index is 0.137. The Labute approximate surface area is 110 Å². The summed E-state index contributed by atoms with van der Waals surface area (Å²) in [5, 5.41) is 3.47. The molecule has 2 atom stereocenters. The van der Waals surface area contributed by atoms with Crippen LogP contribution < -0.4 is 11.1 Å². The third kappa shape index (κ3) is 3.45. The zero-order chi connectivity index (χ0) is 13.4. The summed E-state index contributed by atoms with van der Waals surface area (Å²) in [4.78, 5) is 11.9. The molecule has 2 fully saturated rings. The number of primary amides is 1. The Morgan fingerprint density at radius 3 is 2.50 bits per heavy atom. The molecular weight excluding hydrogens is 228 g/mol. The van der Waals surface area contributed by atoms with Gasteiger partial charge in [-0.25, -0.2) is 0 Å². The van der Waals surface area contributed by atoms with E-state index >= 15 is 0 Å². The molecular formula is C14H26N2O2. The second-order valence-electron chi connectivity index (χ2n) is 6.81. The zero-order valence-corrected chi connectivity index (χ0v) is 11.8. The highest BCUT2D eigenvalue weighted by atomic mass is 16.5. The molecule has 0 heterocycles. The van der Waals surface area contributed by atoms with Crippen molar-refractivity contribution in [2.45, 2.75) is 82.6 Å². The van der Waals surface area contributed by atoms with E-state index in [1.54, 1.807) is 0 Å². The van der Waals surface area contributed by atoms with Crippen LogP contribution in [0.2, 0.25) is 0 Å². The number of rotatable bonds is 4. The zero-order valence-electron chi connectivity index (χ0n) is 11.8. The number of carbonyl (C=O) groups excluding carboxylic acids is 1. The van der Waals surface area contributed by atoms with Crippen LogP contribution in [0.1, 0.15) is 59.3 Å². The highest BCUT2D eigenvalue weighted by molar-refractivity contribution is 5.85. The Balaban J connectivity index is 2.03. The van der Waals surface area contributed by atoms with Crippen LogP contribution in [0, 0.1) is 0 Å². The van der Waals surface area contributed by atoms with E-state index in [0.29, 0.717) is 6.04 Å². The van der Waals surface area contributed by atoms with E-state index in [1.165, 1.54) is 12.8 Å². The van der Waals surface area contributed by atoms with Gasteiger partial charge in [0.1, 0.15) is 5.54 Å². The molecule has 18 heavy (non-hydrogen) atoms. The fourth-order valence-electron chi connectivity index (χ4n) is 2.87. The molecule has 0 bridgehead atoms. The van der Waals surface area contributed by atoms with Crippen LogP contribution in [0.15, 0.2) is 0 Å². The summed E-state index contributed by atoms with van der Waals surface area (Å²) in [6, 6.07) is 0.492. The Hall–Kier alpha value is -0.610. The van der Waals surface area contributed by atoms with Gasteiger partial charge in [-0.1, -0.05) is 0 Å². The van der Waals surface area contributed by atoms with Crippen molar-refractivity contribution in [2.24, 2.45) is 5.73 Å². The van der Waals surface area contributed by atoms with E-state index in [9.17, 15) is 4.79 Å². The smallest absolute Gasteiger partial charge is 0.237 e. The largest absolute Gasteiger partial charge is 0.373 e. The van der Waals surface area contributed by atoms with Crippen molar-refractivity contribution in [1.29, 1.82) is 0 Å². The lowest BCUT2D eigenvalue weighted by atomic mass is 9.79. The number of carbonyl (C=O) groups is 1. The maximum atomic E-state index is 11.9. The average molecular weight is 254 g/mol. The average Bonchev–Trinajstić information content (AvgIpc) is 2.99. The fourth-order valence-corrected chi connectivity index (χ4v) is 2.87. The summed E-state index contributed by atoms with van der Waals surface area (Å²) >= 11 is 0. The van der Waals surface area contributed by atoms with Crippen LogP contribution in [0.3, 0.4) is 0 Å². The molecule has 2 aliphatic rings. The predicted octanol–water partition coefficient (Wildman–Crippen LogP) is 1.72. The molecule has 104 valence electrons. The van der Waals surface area contributed by atoms with Crippen LogP contribution in [-0.2, 0) is 9.53 Å². The summed E-state index contributed by atoms with van der Waals surface area (Å²) in [5.41, 5.74) is 4.95. The number of ether oxygens (including phenoxy) is 1. The van der Waals surface area contributed by atoms with Crippen LogP contribution in [0.4, 0.5) is 0 Å². The maximum absolute atomic E-state index is 11.9. The monoisotopic (exact) mass is 254 g/mol. The third-order valence-corrected chi connectivity index (χ3v) is 3.76. The van der Waals surface area contributed by atoms with Gasteiger partial charge in [0, 0.05) is 12.5 Å². The summed E-state index contributed by atoms with van der Waals surface area (Å²) < 4.78 is 6.04. The van der Waals surface area contributed by atoms with Gasteiger partial charge in [0.15, 0.2) is 0 Å². The maximum Gasteiger partial charge on any atom is 0.237 e. The standard InChI is InChI=1S/C14H26N2O2/c1-13(2,3)18-11-5-4-8-14(9-11,12(15)17)16-10-6-7-10/h10-11,16H,4-9H2,1-3H3,(H2,15,17). The minimum atomic E-state index is -0.532. The topological polar surface area (TPSA) is 64.3 Å². The first-order valence-corrected chi connectivity index (χ1v) is 7.06. The van der Waals surface area contributed by atoms with Crippen molar-refractivity contribution in [1.82, 2.24) is 5.32 Å². The van der Waals surface area contributed by atoms with E-state index in [4.69, 9.17) is 10.5 Å². The molecule has 0 aliphatic heterocycles. The van der Waals surface area contributed by atoms with Gasteiger partial charge in [-0.05, 0) is 52.9 Å². The van der Waals surface area contributed by atoms with E-state index in [2.05, 4.69) is 26.1 Å². The molecule has 0 spiro atoms. The predicted molar refractivity (Wildman–Crippen MR) is 71.2 cm³/mol. The van der Waals surface area contributed by atoms with Crippen molar-refractivity contribution < 1.29 is 9.53 Å². The second-order valence-corrected chi connectivity index (χ2v) is 6.81. The van der Waals surface area contributed by atoms with Crippen molar-refractivity contribution in [2.75, 3.05) is 0 Å². The lowest BCUT2D eigenvalue weighted by molar-refractivity contribution is -0.133.